The van der Waals surface area contributed by atoms with E-state index in [2.05, 4.69) is 25.3 Å². The number of benzene rings is 2. The highest BCUT2D eigenvalue weighted by Gasteiger charge is 2.16. The van der Waals surface area contributed by atoms with Crippen LogP contribution < -0.4 is 24.2 Å². The molecule has 2 N–H and O–H groups in total. The van der Waals surface area contributed by atoms with Crippen LogP contribution in [0.4, 0.5) is 5.69 Å². The van der Waals surface area contributed by atoms with E-state index in [1.54, 1.807) is 49.6 Å². The van der Waals surface area contributed by atoms with Crippen molar-refractivity contribution in [3.05, 3.63) is 60.4 Å². The molecule has 2 heterocycles. The Balaban J connectivity index is 1.36. The first-order chi connectivity index (χ1) is 18.3. The number of fused-ring (bicyclic) bond motifs is 1. The molecule has 0 aliphatic carbocycles. The van der Waals surface area contributed by atoms with Gasteiger partial charge in [0.25, 0.3) is 0 Å². The molecule has 2 aromatic carbocycles. The topological polar surface area (TPSA) is 146 Å². The van der Waals surface area contributed by atoms with Crippen LogP contribution in [-0.4, -0.2) is 67.8 Å². The number of amides is 1. The lowest BCUT2D eigenvalue weighted by Crippen LogP contribution is -2.26. The molecule has 4 aromatic rings. The lowest BCUT2D eigenvalue weighted by atomic mass is 10.2. The van der Waals surface area contributed by atoms with Gasteiger partial charge in [0.2, 0.25) is 15.9 Å². The van der Waals surface area contributed by atoms with Crippen molar-refractivity contribution in [2.75, 3.05) is 38.9 Å². The van der Waals surface area contributed by atoms with Crippen LogP contribution in [0.1, 0.15) is 5.82 Å². The molecule has 12 nitrogen and oxygen atoms in total. The molecule has 0 unspecified atom stereocenters. The summed E-state index contributed by atoms with van der Waals surface area (Å²) in [5.74, 6) is 2.01. The van der Waals surface area contributed by atoms with Gasteiger partial charge in [-0.25, -0.2) is 13.1 Å². The molecule has 0 saturated heterocycles. The minimum absolute atomic E-state index is 0.0975. The van der Waals surface area contributed by atoms with E-state index in [1.807, 2.05) is 0 Å². The first-order valence-electron chi connectivity index (χ1n) is 11.3. The fraction of sp³-hybridized carbons (Fsp3) is 0.250. The summed E-state index contributed by atoms with van der Waals surface area (Å²) in [6, 6.07) is 14.7. The molecular weight excluding hydrogens is 532 g/mol. The van der Waals surface area contributed by atoms with E-state index in [4.69, 9.17) is 14.2 Å². The van der Waals surface area contributed by atoms with Gasteiger partial charge in [-0.1, -0.05) is 11.8 Å². The Hall–Kier alpha value is -3.88. The van der Waals surface area contributed by atoms with E-state index < -0.39 is 10.0 Å². The molecule has 0 bridgehead atoms. The summed E-state index contributed by atoms with van der Waals surface area (Å²) in [5, 5.41) is 16.1. The number of hydrogen-bond acceptors (Lipinski definition) is 10. The van der Waals surface area contributed by atoms with Crippen LogP contribution in [0.2, 0.25) is 0 Å². The summed E-state index contributed by atoms with van der Waals surface area (Å²) in [7, 11) is 0.875. The molecule has 0 spiro atoms. The van der Waals surface area contributed by atoms with Gasteiger partial charge in [0, 0.05) is 19.0 Å². The van der Waals surface area contributed by atoms with E-state index in [9.17, 15) is 13.2 Å². The molecule has 0 fully saturated rings. The van der Waals surface area contributed by atoms with Crippen molar-refractivity contribution in [1.82, 2.24) is 24.5 Å². The number of ether oxygens (including phenoxy) is 3. The number of aromatic nitrogens is 4. The molecule has 4 rings (SSSR count). The Morgan fingerprint density at radius 1 is 0.947 bits per heavy atom. The highest BCUT2D eigenvalue weighted by Crippen LogP contribution is 2.29. The summed E-state index contributed by atoms with van der Waals surface area (Å²) in [4.78, 5) is 12.7. The van der Waals surface area contributed by atoms with Crippen molar-refractivity contribution < 1.29 is 27.4 Å². The van der Waals surface area contributed by atoms with Crippen molar-refractivity contribution >= 4 is 39.0 Å². The lowest BCUT2D eigenvalue weighted by molar-refractivity contribution is -0.113. The normalized spacial score (nSPS) is 11.3. The minimum atomic E-state index is -3.70. The molecule has 0 atom stereocenters. The third-order valence-corrected chi connectivity index (χ3v) is 7.74. The zero-order valence-electron chi connectivity index (χ0n) is 20.9. The maximum Gasteiger partial charge on any atom is 0.240 e. The number of carbonyl (C=O) groups is 1. The van der Waals surface area contributed by atoms with E-state index in [-0.39, 0.29) is 29.5 Å². The van der Waals surface area contributed by atoms with E-state index in [0.29, 0.717) is 39.4 Å². The Bertz CT molecular complexity index is 1530. The predicted octanol–water partition coefficient (Wildman–Crippen LogP) is 2.40. The van der Waals surface area contributed by atoms with Crippen LogP contribution in [-0.2, 0) is 21.2 Å². The number of anilines is 1. The molecular formula is C24H26N6O6S2. The number of thioether (sulfide) groups is 1. The first kappa shape index (κ1) is 27.2. The Morgan fingerprint density at radius 3 is 2.39 bits per heavy atom. The fourth-order valence-electron chi connectivity index (χ4n) is 3.41. The molecule has 0 saturated carbocycles. The second-order valence-corrected chi connectivity index (χ2v) is 10.5. The second kappa shape index (κ2) is 12.1. The smallest absolute Gasteiger partial charge is 0.240 e. The van der Waals surface area contributed by atoms with E-state index in [1.165, 1.54) is 42.6 Å². The number of rotatable bonds is 12. The van der Waals surface area contributed by atoms with Crippen molar-refractivity contribution in [3.8, 4) is 17.2 Å². The first-order valence-corrected chi connectivity index (χ1v) is 13.8. The lowest BCUT2D eigenvalue weighted by Gasteiger charge is -2.11. The van der Waals surface area contributed by atoms with Gasteiger partial charge in [0.05, 0.1) is 37.7 Å². The second-order valence-electron chi connectivity index (χ2n) is 7.78. The maximum atomic E-state index is 12.6. The van der Waals surface area contributed by atoms with Gasteiger partial charge in [-0.2, -0.15) is 9.61 Å². The summed E-state index contributed by atoms with van der Waals surface area (Å²) in [6.45, 7) is 0.0975. The van der Waals surface area contributed by atoms with E-state index in [0.717, 1.165) is 0 Å². The Labute approximate surface area is 223 Å². The molecule has 200 valence electrons. The predicted molar refractivity (Wildman–Crippen MR) is 142 cm³/mol. The molecule has 14 heteroatoms. The van der Waals surface area contributed by atoms with Crippen LogP contribution in [0.3, 0.4) is 0 Å². The molecule has 0 radical (unpaired) electrons. The third kappa shape index (κ3) is 6.51. The zero-order valence-corrected chi connectivity index (χ0v) is 22.5. The molecule has 38 heavy (non-hydrogen) atoms. The number of nitrogens with one attached hydrogen (secondary N) is 2. The standard InChI is InChI=1S/C24H26N6O6S2/c1-34-16-4-7-18(8-5-16)38(32,33)25-13-12-22-28-27-21-10-11-24(29-30(21)22)37-15-23(31)26-19-9-6-17(35-2)14-20(19)36-3/h4-11,14,25H,12-13,15H2,1-3H3,(H,26,31). The van der Waals surface area contributed by atoms with Gasteiger partial charge in [0.1, 0.15) is 22.3 Å². The van der Waals surface area contributed by atoms with Crippen molar-refractivity contribution in [3.63, 3.8) is 0 Å². The van der Waals surface area contributed by atoms with Gasteiger partial charge in [-0.15, -0.1) is 10.2 Å². The average molecular weight is 559 g/mol. The van der Waals surface area contributed by atoms with Crippen molar-refractivity contribution in [1.29, 1.82) is 0 Å². The zero-order chi connectivity index (χ0) is 27.1. The number of hydrogen-bond donors (Lipinski definition) is 2. The molecule has 2 aromatic heterocycles. The molecule has 1 amide bonds. The highest BCUT2D eigenvalue weighted by molar-refractivity contribution is 7.99. The number of nitrogens with zero attached hydrogens (tertiary/aromatic N) is 4. The maximum absolute atomic E-state index is 12.6. The summed E-state index contributed by atoms with van der Waals surface area (Å²) < 4.78 is 44.8. The van der Waals surface area contributed by atoms with Crippen molar-refractivity contribution in [2.24, 2.45) is 0 Å². The van der Waals surface area contributed by atoms with E-state index >= 15 is 0 Å². The minimum Gasteiger partial charge on any atom is -0.497 e. The molecule has 0 aliphatic rings. The quantitative estimate of drug-likeness (QED) is 0.249. The number of methoxy groups -OCH3 is 3. The fourth-order valence-corrected chi connectivity index (χ4v) is 5.10. The van der Waals surface area contributed by atoms with Gasteiger partial charge in [-0.05, 0) is 48.5 Å². The average Bonchev–Trinajstić information content (AvgIpc) is 3.34. The Morgan fingerprint density at radius 2 is 1.68 bits per heavy atom. The van der Waals surface area contributed by atoms with Crippen LogP contribution in [0, 0.1) is 0 Å². The van der Waals surface area contributed by atoms with Gasteiger partial charge in [0.15, 0.2) is 11.5 Å². The summed E-state index contributed by atoms with van der Waals surface area (Å²) in [6.07, 6.45) is 0.259. The van der Waals surface area contributed by atoms with Gasteiger partial charge in [-0.3, -0.25) is 4.79 Å². The monoisotopic (exact) mass is 558 g/mol. The molecule has 0 aliphatic heterocycles. The van der Waals surface area contributed by atoms with Gasteiger partial charge < -0.3 is 19.5 Å². The largest absolute Gasteiger partial charge is 0.497 e. The Kier molecular flexibility index (Phi) is 8.66. The van der Waals surface area contributed by atoms with Gasteiger partial charge >= 0.3 is 0 Å². The van der Waals surface area contributed by atoms with Crippen molar-refractivity contribution in [2.45, 2.75) is 16.3 Å². The van der Waals surface area contributed by atoms with Crippen LogP contribution in [0.5, 0.6) is 17.2 Å². The number of carbonyl (C=O) groups excluding carboxylic acids is 1. The number of sulfonamides is 1. The summed E-state index contributed by atoms with van der Waals surface area (Å²) in [5.41, 5.74) is 1.04. The third-order valence-electron chi connectivity index (χ3n) is 5.35. The highest BCUT2D eigenvalue weighted by atomic mass is 32.2. The van der Waals surface area contributed by atoms with Crippen LogP contribution in [0.25, 0.3) is 5.65 Å². The van der Waals surface area contributed by atoms with Crippen LogP contribution in [0.15, 0.2) is 64.5 Å². The summed E-state index contributed by atoms with van der Waals surface area (Å²) >= 11 is 1.24. The van der Waals surface area contributed by atoms with Crippen LogP contribution >= 0.6 is 11.8 Å². The SMILES string of the molecule is COc1ccc(S(=O)(=O)NCCc2nnc3ccc(SCC(=O)Nc4ccc(OC)cc4OC)nn23)cc1.